The minimum Gasteiger partial charge on any atom is -0.497 e. The molecule has 0 saturated heterocycles. The molecule has 1 heterocycles. The molecule has 0 saturated carbocycles. The van der Waals surface area contributed by atoms with Crippen molar-refractivity contribution >= 4 is 27.5 Å². The van der Waals surface area contributed by atoms with Crippen LogP contribution in [0.1, 0.15) is 12.5 Å². The second kappa shape index (κ2) is 8.36. The SMILES string of the molecule is COc1ccc(NC(=O)C2=CN(Cc3ccccc3OC)S(=O)(=O)N=C2C)cc1. The zero-order valence-electron chi connectivity index (χ0n) is 16.2. The second-order valence-electron chi connectivity index (χ2n) is 6.24. The Morgan fingerprint density at radius 2 is 1.76 bits per heavy atom. The first-order valence-electron chi connectivity index (χ1n) is 8.72. The van der Waals surface area contributed by atoms with Crippen LogP contribution < -0.4 is 14.8 Å². The van der Waals surface area contributed by atoms with Gasteiger partial charge < -0.3 is 14.8 Å². The lowest BCUT2D eigenvalue weighted by molar-refractivity contribution is -0.112. The molecule has 2 aromatic rings. The highest BCUT2D eigenvalue weighted by Gasteiger charge is 2.28. The number of rotatable bonds is 6. The molecule has 0 spiro atoms. The largest absolute Gasteiger partial charge is 0.497 e. The Balaban J connectivity index is 1.86. The molecule has 3 rings (SSSR count). The molecule has 1 N–H and O–H groups in total. The third-order valence-corrected chi connectivity index (χ3v) is 5.65. The normalized spacial score (nSPS) is 15.2. The predicted octanol–water partition coefficient (Wildman–Crippen LogP) is 2.75. The number of amides is 1. The van der Waals surface area contributed by atoms with E-state index in [1.54, 1.807) is 55.6 Å². The summed E-state index contributed by atoms with van der Waals surface area (Å²) in [5.41, 5.74) is 1.48. The van der Waals surface area contributed by atoms with Crippen molar-refractivity contribution in [1.82, 2.24) is 4.31 Å². The van der Waals surface area contributed by atoms with Gasteiger partial charge in [-0.05, 0) is 37.3 Å². The molecule has 0 atom stereocenters. The van der Waals surface area contributed by atoms with Crippen molar-refractivity contribution < 1.29 is 22.7 Å². The average Bonchev–Trinajstić information content (AvgIpc) is 2.70. The molecule has 0 radical (unpaired) electrons. The van der Waals surface area contributed by atoms with Crippen LogP contribution in [-0.4, -0.2) is 38.6 Å². The van der Waals surface area contributed by atoms with E-state index >= 15 is 0 Å². The fourth-order valence-electron chi connectivity index (χ4n) is 2.80. The molecule has 8 nitrogen and oxygen atoms in total. The lowest BCUT2D eigenvalue weighted by atomic mass is 10.1. The summed E-state index contributed by atoms with van der Waals surface area (Å²) in [5.74, 6) is 0.745. The molecule has 9 heteroatoms. The molecule has 0 unspecified atom stereocenters. The number of nitrogens with zero attached hydrogens (tertiary/aromatic N) is 2. The van der Waals surface area contributed by atoms with E-state index in [4.69, 9.17) is 9.47 Å². The Morgan fingerprint density at radius 3 is 2.41 bits per heavy atom. The van der Waals surface area contributed by atoms with Crippen LogP contribution in [0.4, 0.5) is 5.69 Å². The summed E-state index contributed by atoms with van der Waals surface area (Å²) in [6.07, 6.45) is 1.29. The highest BCUT2D eigenvalue weighted by atomic mass is 32.2. The third-order valence-electron chi connectivity index (χ3n) is 4.32. The lowest BCUT2D eigenvalue weighted by Crippen LogP contribution is -2.32. The summed E-state index contributed by atoms with van der Waals surface area (Å²) >= 11 is 0. The number of carbonyl (C=O) groups is 1. The van der Waals surface area contributed by atoms with Gasteiger partial charge in [0.05, 0.1) is 32.0 Å². The monoisotopic (exact) mass is 415 g/mol. The number of hydrogen-bond donors (Lipinski definition) is 1. The van der Waals surface area contributed by atoms with Gasteiger partial charge in [0.25, 0.3) is 5.91 Å². The quantitative estimate of drug-likeness (QED) is 0.782. The molecule has 1 aliphatic heterocycles. The summed E-state index contributed by atoms with van der Waals surface area (Å²) in [4.78, 5) is 12.7. The van der Waals surface area contributed by atoms with Gasteiger partial charge in [0.2, 0.25) is 0 Å². The van der Waals surface area contributed by atoms with Gasteiger partial charge in [-0.1, -0.05) is 18.2 Å². The van der Waals surface area contributed by atoms with E-state index in [1.807, 2.05) is 0 Å². The van der Waals surface area contributed by atoms with Crippen LogP contribution >= 0.6 is 0 Å². The van der Waals surface area contributed by atoms with Crippen molar-refractivity contribution in [1.29, 1.82) is 0 Å². The maximum absolute atomic E-state index is 12.7. The summed E-state index contributed by atoms with van der Waals surface area (Å²) < 4.78 is 40.1. The van der Waals surface area contributed by atoms with Gasteiger partial charge in [-0.15, -0.1) is 4.40 Å². The fraction of sp³-hybridized carbons (Fsp3) is 0.200. The molecule has 0 fully saturated rings. The van der Waals surface area contributed by atoms with Gasteiger partial charge in [-0.3, -0.25) is 9.10 Å². The first-order chi connectivity index (χ1) is 13.8. The molecule has 1 amide bonds. The second-order valence-corrected chi connectivity index (χ2v) is 7.78. The van der Waals surface area contributed by atoms with Crippen molar-refractivity contribution in [2.24, 2.45) is 4.40 Å². The Bertz CT molecular complexity index is 1080. The van der Waals surface area contributed by atoms with Crippen LogP contribution in [0, 0.1) is 0 Å². The highest BCUT2D eigenvalue weighted by molar-refractivity contribution is 7.88. The average molecular weight is 415 g/mol. The number of nitrogens with one attached hydrogen (secondary N) is 1. The van der Waals surface area contributed by atoms with Crippen LogP contribution in [0.2, 0.25) is 0 Å². The molecule has 152 valence electrons. The number of methoxy groups -OCH3 is 2. The van der Waals surface area contributed by atoms with Crippen LogP contribution in [0.5, 0.6) is 11.5 Å². The van der Waals surface area contributed by atoms with Crippen LogP contribution in [0.3, 0.4) is 0 Å². The maximum Gasteiger partial charge on any atom is 0.344 e. The molecule has 0 bridgehead atoms. The van der Waals surface area contributed by atoms with Gasteiger partial charge in [0.1, 0.15) is 11.5 Å². The summed E-state index contributed by atoms with van der Waals surface area (Å²) in [6, 6.07) is 13.9. The fourth-order valence-corrected chi connectivity index (χ4v) is 3.89. The number of anilines is 1. The summed E-state index contributed by atoms with van der Waals surface area (Å²) in [7, 11) is -0.889. The Labute approximate surface area is 169 Å². The number of hydrogen-bond acceptors (Lipinski definition) is 5. The van der Waals surface area contributed by atoms with Gasteiger partial charge in [0, 0.05) is 17.5 Å². The van der Waals surface area contributed by atoms with Crippen molar-refractivity contribution in [3.8, 4) is 11.5 Å². The van der Waals surface area contributed by atoms with E-state index in [0.717, 1.165) is 4.31 Å². The Morgan fingerprint density at radius 1 is 1.07 bits per heavy atom. The molecule has 0 aliphatic carbocycles. The van der Waals surface area contributed by atoms with Crippen LogP contribution in [0.15, 0.2) is 64.7 Å². The number of carbonyl (C=O) groups excluding carboxylic acids is 1. The standard InChI is InChI=1S/C20H21N3O5S/c1-14-18(20(24)21-16-8-10-17(27-2)11-9-16)13-23(29(25,26)22-14)12-15-6-4-5-7-19(15)28-3/h4-11,13H,12H2,1-3H3,(H,21,24). The molecule has 0 aromatic heterocycles. The highest BCUT2D eigenvalue weighted by Crippen LogP contribution is 2.25. The first-order valence-corrected chi connectivity index (χ1v) is 10.1. The Hall–Kier alpha value is -3.33. The van der Waals surface area contributed by atoms with E-state index in [9.17, 15) is 13.2 Å². The minimum atomic E-state index is -3.95. The van der Waals surface area contributed by atoms with E-state index in [1.165, 1.54) is 20.2 Å². The number of ether oxygens (including phenoxy) is 2. The van der Waals surface area contributed by atoms with Gasteiger partial charge >= 0.3 is 10.2 Å². The van der Waals surface area contributed by atoms with Crippen molar-refractivity contribution in [2.75, 3.05) is 19.5 Å². The number of para-hydroxylation sites is 1. The van der Waals surface area contributed by atoms with Crippen molar-refractivity contribution in [2.45, 2.75) is 13.5 Å². The minimum absolute atomic E-state index is 0.0115. The molecule has 2 aromatic carbocycles. The zero-order valence-corrected chi connectivity index (χ0v) is 17.1. The lowest BCUT2D eigenvalue weighted by Gasteiger charge is -2.24. The smallest absolute Gasteiger partial charge is 0.344 e. The third kappa shape index (κ3) is 4.57. The molecular formula is C20H21N3O5S. The molecule has 1 aliphatic rings. The molecule has 29 heavy (non-hydrogen) atoms. The number of benzene rings is 2. The van der Waals surface area contributed by atoms with Gasteiger partial charge in [-0.25, -0.2) is 0 Å². The summed E-state index contributed by atoms with van der Waals surface area (Å²) in [6.45, 7) is 1.47. The van der Waals surface area contributed by atoms with Crippen LogP contribution in [-0.2, 0) is 21.5 Å². The zero-order chi connectivity index (χ0) is 21.0. The van der Waals surface area contributed by atoms with Gasteiger partial charge in [-0.2, -0.15) is 8.42 Å². The Kier molecular flexibility index (Phi) is 5.88. The van der Waals surface area contributed by atoms with Crippen molar-refractivity contribution in [3.63, 3.8) is 0 Å². The maximum atomic E-state index is 12.7. The van der Waals surface area contributed by atoms with Crippen LogP contribution in [0.25, 0.3) is 0 Å². The van der Waals surface area contributed by atoms with E-state index in [0.29, 0.717) is 22.7 Å². The first kappa shape index (κ1) is 20.4. The molecular weight excluding hydrogens is 394 g/mol. The van der Waals surface area contributed by atoms with E-state index < -0.39 is 16.1 Å². The van der Waals surface area contributed by atoms with E-state index in [2.05, 4.69) is 9.71 Å². The topological polar surface area (TPSA) is 97.3 Å². The van der Waals surface area contributed by atoms with Crippen molar-refractivity contribution in [3.05, 3.63) is 65.9 Å². The summed E-state index contributed by atoms with van der Waals surface area (Å²) in [5, 5.41) is 2.74. The van der Waals surface area contributed by atoms with E-state index in [-0.39, 0.29) is 17.8 Å². The predicted molar refractivity (Wildman–Crippen MR) is 110 cm³/mol. The van der Waals surface area contributed by atoms with Gasteiger partial charge in [0.15, 0.2) is 0 Å².